The summed E-state index contributed by atoms with van der Waals surface area (Å²) in [5, 5.41) is 3.02. The van der Waals surface area contributed by atoms with E-state index in [2.05, 4.69) is 29.0 Å². The summed E-state index contributed by atoms with van der Waals surface area (Å²) in [6.45, 7) is 8.64. The van der Waals surface area contributed by atoms with Crippen LogP contribution in [-0.2, 0) is 0 Å². The Bertz CT molecular complexity index is 458. The Labute approximate surface area is 126 Å². The Morgan fingerprint density at radius 3 is 3.00 bits per heavy atom. The fourth-order valence-corrected chi connectivity index (χ4v) is 2.88. The summed E-state index contributed by atoms with van der Waals surface area (Å²) in [4.78, 5) is 18.5. The molecule has 1 amide bonds. The van der Waals surface area contributed by atoms with E-state index in [0.29, 0.717) is 23.2 Å². The van der Waals surface area contributed by atoms with Crippen LogP contribution < -0.4 is 11.1 Å². The van der Waals surface area contributed by atoms with Crippen molar-refractivity contribution in [3.63, 3.8) is 0 Å². The maximum Gasteiger partial charge on any atom is 0.252 e. The van der Waals surface area contributed by atoms with Gasteiger partial charge in [0.15, 0.2) is 0 Å². The predicted octanol–water partition coefficient (Wildman–Crippen LogP) is 1.76. The number of nitrogens with one attached hydrogen (secondary N) is 1. The highest BCUT2D eigenvalue weighted by molar-refractivity contribution is 5.93. The molecule has 0 saturated carbocycles. The maximum atomic E-state index is 12.1. The number of hydrogen-bond acceptors (Lipinski definition) is 4. The van der Waals surface area contributed by atoms with Crippen molar-refractivity contribution in [2.24, 2.45) is 11.8 Å². The lowest BCUT2D eigenvalue weighted by Crippen LogP contribution is -2.42. The van der Waals surface area contributed by atoms with Gasteiger partial charge in [0.2, 0.25) is 0 Å². The molecule has 0 unspecified atom stereocenters. The minimum absolute atomic E-state index is 0.0662. The zero-order chi connectivity index (χ0) is 15.2. The highest BCUT2D eigenvalue weighted by atomic mass is 16.1. The van der Waals surface area contributed by atoms with Crippen LogP contribution >= 0.6 is 0 Å². The Hall–Kier alpha value is -1.62. The maximum absolute atomic E-state index is 12.1. The molecule has 2 rings (SSSR count). The molecular weight excluding hydrogens is 264 g/mol. The second kappa shape index (κ2) is 7.41. The first-order valence-electron chi connectivity index (χ1n) is 7.76. The van der Waals surface area contributed by atoms with Crippen LogP contribution in [0.25, 0.3) is 0 Å². The van der Waals surface area contributed by atoms with Crippen LogP contribution in [0.2, 0.25) is 0 Å². The summed E-state index contributed by atoms with van der Waals surface area (Å²) in [5.41, 5.74) is 6.09. The Kier molecular flexibility index (Phi) is 5.56. The summed E-state index contributed by atoms with van der Waals surface area (Å²) < 4.78 is 0. The Morgan fingerprint density at radius 2 is 2.33 bits per heavy atom. The molecule has 5 heteroatoms. The van der Waals surface area contributed by atoms with Gasteiger partial charge in [-0.3, -0.25) is 4.79 Å². The molecule has 1 aliphatic heterocycles. The molecule has 0 bridgehead atoms. The van der Waals surface area contributed by atoms with Crippen molar-refractivity contribution in [3.05, 3.63) is 23.9 Å². The second-order valence-electron chi connectivity index (χ2n) is 6.34. The number of pyridine rings is 1. The molecule has 2 heterocycles. The van der Waals surface area contributed by atoms with E-state index in [1.807, 2.05) is 0 Å². The third kappa shape index (κ3) is 5.01. The first-order valence-corrected chi connectivity index (χ1v) is 7.76. The number of nitrogens with two attached hydrogens (primary N) is 1. The quantitative estimate of drug-likeness (QED) is 0.867. The lowest BCUT2D eigenvalue weighted by molar-refractivity contribution is 0.0929. The number of hydrogen-bond donors (Lipinski definition) is 2. The molecule has 1 atom stereocenters. The zero-order valence-corrected chi connectivity index (χ0v) is 13.0. The van der Waals surface area contributed by atoms with Gasteiger partial charge < -0.3 is 16.0 Å². The van der Waals surface area contributed by atoms with Gasteiger partial charge in [-0.2, -0.15) is 0 Å². The number of carbonyl (C=O) groups excluding carboxylic acids is 1. The minimum atomic E-state index is -0.0662. The van der Waals surface area contributed by atoms with E-state index in [9.17, 15) is 4.79 Å². The third-order valence-electron chi connectivity index (χ3n) is 3.83. The number of aromatic nitrogens is 1. The molecule has 116 valence electrons. The van der Waals surface area contributed by atoms with E-state index < -0.39 is 0 Å². The number of nitrogen functional groups attached to an aromatic ring is 1. The fourth-order valence-electron chi connectivity index (χ4n) is 2.88. The average Bonchev–Trinajstić information content (AvgIpc) is 2.45. The summed E-state index contributed by atoms with van der Waals surface area (Å²) in [7, 11) is 0. The number of carbonyl (C=O) groups is 1. The lowest BCUT2D eigenvalue weighted by Gasteiger charge is -2.33. The van der Waals surface area contributed by atoms with Crippen molar-refractivity contribution in [2.45, 2.75) is 26.7 Å². The van der Waals surface area contributed by atoms with Crippen LogP contribution in [0.1, 0.15) is 37.0 Å². The number of likely N-dealkylation sites (tertiary alicyclic amines) is 1. The average molecular weight is 290 g/mol. The van der Waals surface area contributed by atoms with Crippen molar-refractivity contribution in [2.75, 3.05) is 31.9 Å². The van der Waals surface area contributed by atoms with Crippen molar-refractivity contribution in [1.82, 2.24) is 15.2 Å². The molecule has 0 aliphatic carbocycles. The van der Waals surface area contributed by atoms with Crippen LogP contribution in [0.15, 0.2) is 18.3 Å². The zero-order valence-electron chi connectivity index (χ0n) is 13.0. The molecule has 0 radical (unpaired) electrons. The number of amides is 1. The van der Waals surface area contributed by atoms with Crippen LogP contribution in [0.3, 0.4) is 0 Å². The third-order valence-corrected chi connectivity index (χ3v) is 3.83. The first-order chi connectivity index (χ1) is 10.0. The largest absolute Gasteiger partial charge is 0.384 e. The van der Waals surface area contributed by atoms with E-state index >= 15 is 0 Å². The van der Waals surface area contributed by atoms with Crippen LogP contribution in [0.5, 0.6) is 0 Å². The van der Waals surface area contributed by atoms with Gasteiger partial charge in [-0.25, -0.2) is 4.98 Å². The van der Waals surface area contributed by atoms with E-state index in [4.69, 9.17) is 5.73 Å². The number of anilines is 1. The molecule has 5 nitrogen and oxygen atoms in total. The molecule has 0 spiro atoms. The summed E-state index contributed by atoms with van der Waals surface area (Å²) in [6.07, 6.45) is 3.93. The number of rotatable bonds is 5. The predicted molar refractivity (Wildman–Crippen MR) is 85.0 cm³/mol. The number of nitrogens with zero attached hydrogens (tertiary/aromatic N) is 2. The molecule has 1 aromatic rings. The van der Waals surface area contributed by atoms with Gasteiger partial charge in [0.25, 0.3) is 5.91 Å². The fraction of sp³-hybridized carbons (Fsp3) is 0.625. The normalized spacial score (nSPS) is 19.7. The van der Waals surface area contributed by atoms with Gasteiger partial charge in [0.05, 0.1) is 5.56 Å². The molecule has 1 aliphatic rings. The van der Waals surface area contributed by atoms with Gasteiger partial charge in [0, 0.05) is 25.8 Å². The van der Waals surface area contributed by atoms with E-state index in [1.54, 1.807) is 12.1 Å². The smallest absolute Gasteiger partial charge is 0.252 e. The topological polar surface area (TPSA) is 71.2 Å². The van der Waals surface area contributed by atoms with E-state index in [1.165, 1.54) is 25.6 Å². The van der Waals surface area contributed by atoms with Gasteiger partial charge in [-0.05, 0) is 43.4 Å². The summed E-state index contributed by atoms with van der Waals surface area (Å²) in [5.74, 6) is 1.61. The Balaban J connectivity index is 1.79. The molecule has 1 aromatic heterocycles. The molecule has 1 fully saturated rings. The van der Waals surface area contributed by atoms with E-state index in [-0.39, 0.29) is 5.91 Å². The van der Waals surface area contributed by atoms with Crippen LogP contribution in [0.4, 0.5) is 5.82 Å². The van der Waals surface area contributed by atoms with Crippen molar-refractivity contribution < 1.29 is 4.79 Å². The van der Waals surface area contributed by atoms with E-state index in [0.717, 1.165) is 19.6 Å². The monoisotopic (exact) mass is 290 g/mol. The lowest BCUT2D eigenvalue weighted by atomic mass is 9.97. The molecular formula is C16H26N4O. The van der Waals surface area contributed by atoms with Crippen molar-refractivity contribution >= 4 is 11.7 Å². The molecule has 1 saturated heterocycles. The second-order valence-corrected chi connectivity index (χ2v) is 6.34. The minimum Gasteiger partial charge on any atom is -0.384 e. The van der Waals surface area contributed by atoms with Gasteiger partial charge in [-0.15, -0.1) is 0 Å². The van der Waals surface area contributed by atoms with Crippen molar-refractivity contribution in [3.8, 4) is 0 Å². The molecule has 0 aromatic carbocycles. The Morgan fingerprint density at radius 1 is 1.52 bits per heavy atom. The highest BCUT2D eigenvalue weighted by Gasteiger charge is 2.21. The van der Waals surface area contributed by atoms with Crippen LogP contribution in [-0.4, -0.2) is 42.0 Å². The van der Waals surface area contributed by atoms with Crippen molar-refractivity contribution in [1.29, 1.82) is 0 Å². The first kappa shape index (κ1) is 15.8. The van der Waals surface area contributed by atoms with Crippen LogP contribution in [0, 0.1) is 11.8 Å². The standard InChI is InChI=1S/C16H26N4O/c1-12(2)10-20-7-3-4-13(11-20)8-19-16(21)14-5-6-15(17)18-9-14/h5-6,9,12-13H,3-4,7-8,10-11H2,1-2H3,(H2,17,18)(H,19,21)/t13-/m0/s1. The SMILES string of the molecule is CC(C)CN1CCC[C@@H](CNC(=O)c2ccc(N)nc2)C1. The van der Waals surface area contributed by atoms with Gasteiger partial charge in [-0.1, -0.05) is 13.8 Å². The number of piperidine rings is 1. The van der Waals surface area contributed by atoms with Gasteiger partial charge >= 0.3 is 0 Å². The highest BCUT2D eigenvalue weighted by Crippen LogP contribution is 2.17. The summed E-state index contributed by atoms with van der Waals surface area (Å²) >= 11 is 0. The molecule has 3 N–H and O–H groups in total. The van der Waals surface area contributed by atoms with Gasteiger partial charge in [0.1, 0.15) is 5.82 Å². The molecule has 21 heavy (non-hydrogen) atoms. The summed E-state index contributed by atoms with van der Waals surface area (Å²) in [6, 6.07) is 3.36.